The summed E-state index contributed by atoms with van der Waals surface area (Å²) in [5.41, 5.74) is 0. The Morgan fingerprint density at radius 1 is 1.15 bits per heavy atom. The molecule has 0 bridgehead atoms. The largest absolute Gasteiger partial charge is 0.0879 e. The van der Waals surface area contributed by atoms with Gasteiger partial charge in [-0.2, -0.15) is 0 Å². The Morgan fingerprint density at radius 2 is 1.92 bits per heavy atom. The van der Waals surface area contributed by atoms with Crippen molar-refractivity contribution in [1.29, 1.82) is 0 Å². The number of allylic oxidation sites excluding steroid dienone is 4. The Kier molecular flexibility index (Phi) is 2.57. The molecule has 0 saturated carbocycles. The maximum atomic E-state index is 2.42. The van der Waals surface area contributed by atoms with Gasteiger partial charge < -0.3 is 0 Å². The summed E-state index contributed by atoms with van der Waals surface area (Å²) in [5, 5.41) is 0. The van der Waals surface area contributed by atoms with Crippen LogP contribution in [0, 0.1) is 23.7 Å². The molecule has 0 radical (unpaired) electrons. The molecule has 2 aliphatic carbocycles. The molecule has 2 aliphatic rings. The van der Waals surface area contributed by atoms with Crippen molar-refractivity contribution < 1.29 is 0 Å². The number of rotatable bonds is 1. The standard InChI is InChI=1S/C13H20/c1-10(2)12-9-5-7-11-6-3-4-8-13(11)12/h3,5-7,10-13H,4,8-9H2,1-2H3. The van der Waals surface area contributed by atoms with Crippen molar-refractivity contribution in [2.45, 2.75) is 33.1 Å². The van der Waals surface area contributed by atoms with Crippen molar-refractivity contribution in [3.05, 3.63) is 24.3 Å². The van der Waals surface area contributed by atoms with Gasteiger partial charge in [-0.3, -0.25) is 0 Å². The lowest BCUT2D eigenvalue weighted by atomic mass is 9.67. The van der Waals surface area contributed by atoms with Crippen LogP contribution in [0.5, 0.6) is 0 Å². The van der Waals surface area contributed by atoms with E-state index in [1.807, 2.05) is 0 Å². The minimum atomic E-state index is 0.759. The zero-order valence-electron chi connectivity index (χ0n) is 8.74. The van der Waals surface area contributed by atoms with Crippen molar-refractivity contribution >= 4 is 0 Å². The minimum absolute atomic E-state index is 0.759. The van der Waals surface area contributed by atoms with Gasteiger partial charge in [0.15, 0.2) is 0 Å². The van der Waals surface area contributed by atoms with Gasteiger partial charge in [0, 0.05) is 0 Å². The highest BCUT2D eigenvalue weighted by atomic mass is 14.4. The summed E-state index contributed by atoms with van der Waals surface area (Å²) in [7, 11) is 0. The fourth-order valence-corrected chi connectivity index (χ4v) is 2.92. The summed E-state index contributed by atoms with van der Waals surface area (Å²) in [4.78, 5) is 0. The third-order valence-corrected chi connectivity index (χ3v) is 3.69. The molecule has 0 nitrogen and oxygen atoms in total. The summed E-state index contributed by atoms with van der Waals surface area (Å²) < 4.78 is 0. The maximum absolute atomic E-state index is 2.42. The van der Waals surface area contributed by atoms with Gasteiger partial charge in [-0.15, -0.1) is 0 Å². The number of hydrogen-bond donors (Lipinski definition) is 0. The first kappa shape index (κ1) is 9.05. The summed E-state index contributed by atoms with van der Waals surface area (Å²) in [6.07, 6.45) is 13.6. The second-order valence-corrected chi connectivity index (χ2v) is 4.82. The smallest absolute Gasteiger partial charge is 0.00222 e. The van der Waals surface area contributed by atoms with E-state index < -0.39 is 0 Å². The predicted molar refractivity (Wildman–Crippen MR) is 57.4 cm³/mol. The molecular weight excluding hydrogens is 156 g/mol. The molecule has 0 saturated heterocycles. The molecule has 72 valence electrons. The number of fused-ring (bicyclic) bond motifs is 1. The Morgan fingerprint density at radius 3 is 2.69 bits per heavy atom. The molecular formula is C13H20. The van der Waals surface area contributed by atoms with Gasteiger partial charge in [0.1, 0.15) is 0 Å². The lowest BCUT2D eigenvalue weighted by Gasteiger charge is -2.38. The van der Waals surface area contributed by atoms with E-state index >= 15 is 0 Å². The molecule has 0 amide bonds. The fourth-order valence-electron chi connectivity index (χ4n) is 2.92. The molecule has 0 aliphatic heterocycles. The van der Waals surface area contributed by atoms with E-state index in [9.17, 15) is 0 Å². The van der Waals surface area contributed by atoms with Crippen molar-refractivity contribution in [3.8, 4) is 0 Å². The van der Waals surface area contributed by atoms with Crippen molar-refractivity contribution in [1.82, 2.24) is 0 Å². The Balaban J connectivity index is 2.16. The quantitative estimate of drug-likeness (QED) is 0.533. The molecule has 0 aromatic carbocycles. The van der Waals surface area contributed by atoms with Crippen LogP contribution in [-0.4, -0.2) is 0 Å². The van der Waals surface area contributed by atoms with E-state index in [0.717, 1.165) is 23.7 Å². The predicted octanol–water partition coefficient (Wildman–Crippen LogP) is 3.80. The second-order valence-electron chi connectivity index (χ2n) is 4.82. The average Bonchev–Trinajstić information content (AvgIpc) is 2.17. The van der Waals surface area contributed by atoms with E-state index in [0.29, 0.717) is 0 Å². The summed E-state index contributed by atoms with van der Waals surface area (Å²) in [5.74, 6) is 3.48. The Labute approximate surface area is 81.7 Å². The maximum Gasteiger partial charge on any atom is -0.00222 e. The van der Waals surface area contributed by atoms with Gasteiger partial charge in [0.25, 0.3) is 0 Å². The topological polar surface area (TPSA) is 0 Å². The summed E-state index contributed by atoms with van der Waals surface area (Å²) >= 11 is 0. The number of hydrogen-bond acceptors (Lipinski definition) is 0. The first-order chi connectivity index (χ1) is 6.29. The third kappa shape index (κ3) is 1.72. The van der Waals surface area contributed by atoms with E-state index in [4.69, 9.17) is 0 Å². The van der Waals surface area contributed by atoms with Crippen LogP contribution in [-0.2, 0) is 0 Å². The SMILES string of the molecule is CC(C)C1CC=CC2C=CCCC21. The van der Waals surface area contributed by atoms with Gasteiger partial charge in [-0.25, -0.2) is 0 Å². The van der Waals surface area contributed by atoms with Crippen molar-refractivity contribution in [3.63, 3.8) is 0 Å². The van der Waals surface area contributed by atoms with Crippen LogP contribution in [0.4, 0.5) is 0 Å². The van der Waals surface area contributed by atoms with Crippen LogP contribution in [0.25, 0.3) is 0 Å². The Bertz CT molecular complexity index is 222. The lowest BCUT2D eigenvalue weighted by Crippen LogP contribution is -2.29. The van der Waals surface area contributed by atoms with Gasteiger partial charge >= 0.3 is 0 Å². The monoisotopic (exact) mass is 176 g/mol. The van der Waals surface area contributed by atoms with Crippen LogP contribution >= 0.6 is 0 Å². The summed E-state index contributed by atoms with van der Waals surface area (Å²) in [6.45, 7) is 4.75. The van der Waals surface area contributed by atoms with E-state index in [1.165, 1.54) is 19.3 Å². The normalized spacial score (nSPS) is 37.9. The molecule has 0 spiro atoms. The highest BCUT2D eigenvalue weighted by Gasteiger charge is 2.31. The average molecular weight is 176 g/mol. The van der Waals surface area contributed by atoms with Crippen LogP contribution < -0.4 is 0 Å². The molecule has 13 heavy (non-hydrogen) atoms. The molecule has 3 atom stereocenters. The first-order valence-corrected chi connectivity index (χ1v) is 5.62. The Hall–Kier alpha value is -0.520. The highest BCUT2D eigenvalue weighted by molar-refractivity contribution is 5.11. The van der Waals surface area contributed by atoms with Crippen molar-refractivity contribution in [2.24, 2.45) is 23.7 Å². The first-order valence-electron chi connectivity index (χ1n) is 5.62. The molecule has 0 aromatic heterocycles. The molecule has 0 heterocycles. The fraction of sp³-hybridized carbons (Fsp3) is 0.692. The van der Waals surface area contributed by atoms with Crippen LogP contribution in [0.2, 0.25) is 0 Å². The molecule has 2 rings (SSSR count). The van der Waals surface area contributed by atoms with E-state index in [1.54, 1.807) is 0 Å². The molecule has 3 unspecified atom stereocenters. The van der Waals surface area contributed by atoms with E-state index in [-0.39, 0.29) is 0 Å². The van der Waals surface area contributed by atoms with Gasteiger partial charge in [0.05, 0.1) is 0 Å². The van der Waals surface area contributed by atoms with Gasteiger partial charge in [-0.1, -0.05) is 38.2 Å². The van der Waals surface area contributed by atoms with Crippen molar-refractivity contribution in [2.75, 3.05) is 0 Å². The van der Waals surface area contributed by atoms with Gasteiger partial charge in [0.2, 0.25) is 0 Å². The summed E-state index contributed by atoms with van der Waals surface area (Å²) in [6, 6.07) is 0. The third-order valence-electron chi connectivity index (χ3n) is 3.69. The zero-order chi connectivity index (χ0) is 9.26. The minimum Gasteiger partial charge on any atom is -0.0879 e. The lowest BCUT2D eigenvalue weighted by molar-refractivity contribution is 0.196. The molecule has 0 aromatic rings. The highest BCUT2D eigenvalue weighted by Crippen LogP contribution is 2.40. The molecule has 0 fully saturated rings. The zero-order valence-corrected chi connectivity index (χ0v) is 8.74. The molecule has 0 heteroatoms. The molecule has 0 N–H and O–H groups in total. The van der Waals surface area contributed by atoms with Crippen LogP contribution in [0.3, 0.4) is 0 Å². The van der Waals surface area contributed by atoms with Gasteiger partial charge in [-0.05, 0) is 42.9 Å². The second kappa shape index (κ2) is 3.69. The van der Waals surface area contributed by atoms with E-state index in [2.05, 4.69) is 38.2 Å². The van der Waals surface area contributed by atoms with Crippen LogP contribution in [0.15, 0.2) is 24.3 Å². The van der Waals surface area contributed by atoms with Crippen LogP contribution in [0.1, 0.15) is 33.1 Å².